The lowest BCUT2D eigenvalue weighted by molar-refractivity contribution is -0.126. The number of hydrogen-bond donors (Lipinski definition) is 2. The molecule has 4 nitrogen and oxygen atoms in total. The maximum absolute atomic E-state index is 11.6. The highest BCUT2D eigenvalue weighted by molar-refractivity contribution is 6.30. The van der Waals surface area contributed by atoms with Crippen LogP contribution in [0.2, 0.25) is 5.02 Å². The van der Waals surface area contributed by atoms with E-state index < -0.39 is 0 Å². The van der Waals surface area contributed by atoms with Gasteiger partial charge >= 0.3 is 0 Å². The molecule has 0 fully saturated rings. The molecule has 0 unspecified atom stereocenters. The molecule has 2 amide bonds. The summed E-state index contributed by atoms with van der Waals surface area (Å²) in [6, 6.07) is 7.45. The molecular weight excluding hydrogens is 264 g/mol. The second-order valence-electron chi connectivity index (χ2n) is 4.63. The third-order valence-electron chi connectivity index (χ3n) is 2.45. The zero-order valence-electron chi connectivity index (χ0n) is 11.2. The molecule has 1 aromatic rings. The van der Waals surface area contributed by atoms with Gasteiger partial charge in [0.1, 0.15) is 0 Å². The van der Waals surface area contributed by atoms with Crippen LogP contribution in [0.1, 0.15) is 25.8 Å². The first-order valence-corrected chi connectivity index (χ1v) is 6.65. The fourth-order valence-corrected chi connectivity index (χ4v) is 1.68. The lowest BCUT2D eigenvalue weighted by atomic mass is 10.1. The minimum atomic E-state index is -0.171. The maximum atomic E-state index is 11.6. The van der Waals surface area contributed by atoms with Crippen LogP contribution >= 0.6 is 11.6 Å². The second-order valence-corrected chi connectivity index (χ2v) is 5.06. The Labute approximate surface area is 118 Å². The summed E-state index contributed by atoms with van der Waals surface area (Å²) in [4.78, 5) is 22.9. The Bertz CT molecular complexity index is 430. The summed E-state index contributed by atoms with van der Waals surface area (Å²) in [5.74, 6) is -0.302. The lowest BCUT2D eigenvalue weighted by Gasteiger charge is -2.09. The normalized spacial score (nSPS) is 10.3. The second kappa shape index (κ2) is 7.79. The van der Waals surface area contributed by atoms with Crippen molar-refractivity contribution in [1.29, 1.82) is 0 Å². The number of hydrogen-bond acceptors (Lipinski definition) is 2. The van der Waals surface area contributed by atoms with Gasteiger partial charge in [-0.05, 0) is 38.0 Å². The topological polar surface area (TPSA) is 58.2 Å². The van der Waals surface area contributed by atoms with Gasteiger partial charge in [-0.15, -0.1) is 0 Å². The average molecular weight is 283 g/mol. The van der Waals surface area contributed by atoms with Crippen LogP contribution in [0.3, 0.4) is 0 Å². The minimum absolute atomic E-state index is 0.0254. The van der Waals surface area contributed by atoms with Crippen LogP contribution in [0.5, 0.6) is 0 Å². The smallest absolute Gasteiger partial charge is 0.239 e. The SMILES string of the molecule is CC(C)NC(=O)CNC(=O)CCc1ccc(Cl)cc1. The van der Waals surface area contributed by atoms with Crippen molar-refractivity contribution in [3.05, 3.63) is 34.9 Å². The fourth-order valence-electron chi connectivity index (χ4n) is 1.55. The van der Waals surface area contributed by atoms with Crippen molar-refractivity contribution < 1.29 is 9.59 Å². The molecule has 2 N–H and O–H groups in total. The van der Waals surface area contributed by atoms with Gasteiger partial charge in [0, 0.05) is 17.5 Å². The van der Waals surface area contributed by atoms with Gasteiger partial charge in [-0.25, -0.2) is 0 Å². The monoisotopic (exact) mass is 282 g/mol. The van der Waals surface area contributed by atoms with E-state index in [0.717, 1.165) is 5.56 Å². The Kier molecular flexibility index (Phi) is 6.36. The predicted octanol–water partition coefficient (Wildman–Crippen LogP) is 1.91. The maximum Gasteiger partial charge on any atom is 0.239 e. The lowest BCUT2D eigenvalue weighted by Crippen LogP contribution is -2.39. The van der Waals surface area contributed by atoms with E-state index in [1.54, 1.807) is 12.1 Å². The van der Waals surface area contributed by atoms with E-state index in [9.17, 15) is 9.59 Å². The zero-order valence-corrected chi connectivity index (χ0v) is 12.0. The number of halogens is 1. The molecule has 1 aromatic carbocycles. The molecule has 0 radical (unpaired) electrons. The summed E-state index contributed by atoms with van der Waals surface area (Å²) >= 11 is 5.78. The van der Waals surface area contributed by atoms with E-state index in [1.165, 1.54) is 0 Å². The molecular formula is C14H19ClN2O2. The summed E-state index contributed by atoms with van der Waals surface area (Å²) < 4.78 is 0. The van der Waals surface area contributed by atoms with Crippen molar-refractivity contribution in [2.24, 2.45) is 0 Å². The number of amides is 2. The summed E-state index contributed by atoms with van der Waals surface area (Å²) in [5.41, 5.74) is 1.05. The van der Waals surface area contributed by atoms with E-state index in [4.69, 9.17) is 11.6 Å². The number of carbonyl (C=O) groups is 2. The highest BCUT2D eigenvalue weighted by Gasteiger charge is 2.06. The van der Waals surface area contributed by atoms with Crippen LogP contribution in [0.4, 0.5) is 0 Å². The first-order valence-electron chi connectivity index (χ1n) is 6.28. The van der Waals surface area contributed by atoms with Gasteiger partial charge in [-0.2, -0.15) is 0 Å². The minimum Gasteiger partial charge on any atom is -0.352 e. The van der Waals surface area contributed by atoms with E-state index in [1.807, 2.05) is 26.0 Å². The van der Waals surface area contributed by atoms with Gasteiger partial charge < -0.3 is 10.6 Å². The highest BCUT2D eigenvalue weighted by Crippen LogP contribution is 2.10. The van der Waals surface area contributed by atoms with Crippen molar-refractivity contribution in [2.45, 2.75) is 32.7 Å². The van der Waals surface area contributed by atoms with Gasteiger partial charge in [-0.1, -0.05) is 23.7 Å². The largest absolute Gasteiger partial charge is 0.352 e. The molecule has 0 aliphatic rings. The predicted molar refractivity (Wildman–Crippen MR) is 76.1 cm³/mol. The quantitative estimate of drug-likeness (QED) is 0.837. The van der Waals surface area contributed by atoms with Crippen molar-refractivity contribution in [2.75, 3.05) is 6.54 Å². The Morgan fingerprint density at radius 3 is 2.37 bits per heavy atom. The Morgan fingerprint density at radius 2 is 1.79 bits per heavy atom. The first-order chi connectivity index (χ1) is 8.97. The summed E-state index contributed by atoms with van der Waals surface area (Å²) in [7, 11) is 0. The molecule has 0 aliphatic carbocycles. The summed E-state index contributed by atoms with van der Waals surface area (Å²) in [5, 5.41) is 5.98. The molecule has 0 aromatic heterocycles. The molecule has 0 bridgehead atoms. The molecule has 0 aliphatic heterocycles. The van der Waals surface area contributed by atoms with Crippen LogP contribution in [0.25, 0.3) is 0 Å². The number of nitrogens with one attached hydrogen (secondary N) is 2. The number of aryl methyl sites for hydroxylation is 1. The fraction of sp³-hybridized carbons (Fsp3) is 0.429. The van der Waals surface area contributed by atoms with Crippen molar-refractivity contribution >= 4 is 23.4 Å². The molecule has 104 valence electrons. The van der Waals surface area contributed by atoms with Crippen LogP contribution in [-0.4, -0.2) is 24.4 Å². The van der Waals surface area contributed by atoms with Gasteiger partial charge in [0.2, 0.25) is 11.8 Å². The molecule has 19 heavy (non-hydrogen) atoms. The third kappa shape index (κ3) is 6.82. The summed E-state index contributed by atoms with van der Waals surface area (Å²) in [6.45, 7) is 3.78. The van der Waals surface area contributed by atoms with Crippen molar-refractivity contribution in [3.63, 3.8) is 0 Å². The molecule has 1 rings (SSSR count). The molecule has 0 heterocycles. The number of carbonyl (C=O) groups excluding carboxylic acids is 2. The Morgan fingerprint density at radius 1 is 1.16 bits per heavy atom. The van der Waals surface area contributed by atoms with Crippen molar-refractivity contribution in [1.82, 2.24) is 10.6 Å². The van der Waals surface area contributed by atoms with Crippen LogP contribution in [0.15, 0.2) is 24.3 Å². The highest BCUT2D eigenvalue weighted by atomic mass is 35.5. The molecule has 0 saturated heterocycles. The first kappa shape index (κ1) is 15.5. The van der Waals surface area contributed by atoms with Crippen LogP contribution in [0, 0.1) is 0 Å². The van der Waals surface area contributed by atoms with E-state index in [2.05, 4.69) is 10.6 Å². The van der Waals surface area contributed by atoms with Gasteiger partial charge in [-0.3, -0.25) is 9.59 Å². The van der Waals surface area contributed by atoms with Gasteiger partial charge in [0.05, 0.1) is 6.54 Å². The third-order valence-corrected chi connectivity index (χ3v) is 2.70. The Hall–Kier alpha value is -1.55. The standard InChI is InChI=1S/C14H19ClN2O2/c1-10(2)17-14(19)9-16-13(18)8-5-11-3-6-12(15)7-4-11/h3-4,6-7,10H,5,8-9H2,1-2H3,(H,16,18)(H,17,19). The summed E-state index contributed by atoms with van der Waals surface area (Å²) in [6.07, 6.45) is 0.991. The van der Waals surface area contributed by atoms with Gasteiger partial charge in [0.25, 0.3) is 0 Å². The molecule has 0 saturated carbocycles. The Balaban J connectivity index is 2.24. The molecule has 5 heteroatoms. The molecule has 0 atom stereocenters. The van der Waals surface area contributed by atoms with E-state index >= 15 is 0 Å². The average Bonchev–Trinajstić information content (AvgIpc) is 2.35. The number of benzene rings is 1. The van der Waals surface area contributed by atoms with Crippen molar-refractivity contribution in [3.8, 4) is 0 Å². The van der Waals surface area contributed by atoms with Crippen LogP contribution < -0.4 is 10.6 Å². The zero-order chi connectivity index (χ0) is 14.3. The molecule has 0 spiro atoms. The van der Waals surface area contributed by atoms with Gasteiger partial charge in [0.15, 0.2) is 0 Å². The number of rotatable bonds is 6. The van der Waals surface area contributed by atoms with E-state index in [-0.39, 0.29) is 24.4 Å². The van der Waals surface area contributed by atoms with Crippen LogP contribution in [-0.2, 0) is 16.0 Å². The van der Waals surface area contributed by atoms with E-state index in [0.29, 0.717) is 17.9 Å².